The summed E-state index contributed by atoms with van der Waals surface area (Å²) in [6.45, 7) is 5.26. The lowest BCUT2D eigenvalue weighted by atomic mass is 9.87. The van der Waals surface area contributed by atoms with Gasteiger partial charge in [0, 0.05) is 5.56 Å². The number of tetrazole rings is 1. The molecule has 4 aromatic rings. The van der Waals surface area contributed by atoms with E-state index in [1.807, 2.05) is 20.8 Å². The minimum absolute atomic E-state index is 0.00759. The van der Waals surface area contributed by atoms with Crippen LogP contribution in [0, 0.1) is 0 Å². The zero-order valence-corrected chi connectivity index (χ0v) is 23.3. The largest absolute Gasteiger partial charge is 0.493 e. The van der Waals surface area contributed by atoms with Gasteiger partial charge in [-0.1, -0.05) is 45.0 Å². The third-order valence-corrected chi connectivity index (χ3v) is 7.25. The van der Waals surface area contributed by atoms with Crippen LogP contribution in [-0.2, 0) is 15.4 Å². The van der Waals surface area contributed by atoms with Crippen LogP contribution in [0.15, 0.2) is 65.6 Å². The van der Waals surface area contributed by atoms with E-state index in [-0.39, 0.29) is 45.7 Å². The number of aliphatic hydroxyl groups is 2. The summed E-state index contributed by atoms with van der Waals surface area (Å²) in [5.74, 6) is 0.931. The Kier molecular flexibility index (Phi) is 8.57. The van der Waals surface area contributed by atoms with Crippen molar-refractivity contribution in [2.75, 3.05) is 25.0 Å². The number of aromatic amines is 1. The summed E-state index contributed by atoms with van der Waals surface area (Å²) in [7, 11) is -2.64. The molecular formula is C27H31N5O7S. The fourth-order valence-corrected chi connectivity index (χ4v) is 4.75. The predicted octanol–water partition coefficient (Wildman–Crippen LogP) is 3.50. The lowest BCUT2D eigenvalue weighted by Gasteiger charge is -2.21. The van der Waals surface area contributed by atoms with Crippen LogP contribution < -0.4 is 18.9 Å². The van der Waals surface area contributed by atoms with Crippen LogP contribution in [0.4, 0.5) is 5.69 Å². The number of aliphatic hydroxyl groups excluding tert-OH is 2. The Balaban J connectivity index is 1.84. The second-order valence-corrected chi connectivity index (χ2v) is 11.6. The molecule has 0 saturated carbocycles. The molecule has 0 spiro atoms. The Morgan fingerprint density at radius 2 is 1.73 bits per heavy atom. The topological polar surface area (TPSA) is 169 Å². The van der Waals surface area contributed by atoms with Gasteiger partial charge in [-0.25, -0.2) is 13.5 Å². The molecule has 1 aromatic heterocycles. The lowest BCUT2D eigenvalue weighted by Crippen LogP contribution is -2.21. The Bertz CT molecular complexity index is 1540. The van der Waals surface area contributed by atoms with Gasteiger partial charge >= 0.3 is 0 Å². The molecule has 40 heavy (non-hydrogen) atoms. The molecule has 0 bridgehead atoms. The zero-order chi connectivity index (χ0) is 28.9. The molecule has 12 nitrogen and oxygen atoms in total. The maximum atomic E-state index is 13.6. The van der Waals surface area contributed by atoms with Crippen molar-refractivity contribution in [2.24, 2.45) is 0 Å². The second kappa shape index (κ2) is 11.9. The third-order valence-electron chi connectivity index (χ3n) is 5.87. The summed E-state index contributed by atoms with van der Waals surface area (Å²) in [6, 6.07) is 16.4. The van der Waals surface area contributed by atoms with Crippen molar-refractivity contribution in [1.82, 2.24) is 20.6 Å². The number of benzene rings is 3. The molecule has 0 saturated heterocycles. The molecule has 1 heterocycles. The first-order valence-corrected chi connectivity index (χ1v) is 13.8. The Labute approximate surface area is 232 Å². The molecule has 0 radical (unpaired) electrons. The summed E-state index contributed by atoms with van der Waals surface area (Å²) < 4.78 is 47.1. The highest BCUT2D eigenvalue weighted by atomic mass is 32.2. The molecule has 0 aliphatic carbocycles. The van der Waals surface area contributed by atoms with Gasteiger partial charge in [0.1, 0.15) is 12.7 Å². The van der Waals surface area contributed by atoms with Gasteiger partial charge in [-0.15, -0.1) is 5.10 Å². The van der Waals surface area contributed by atoms with Gasteiger partial charge in [0.2, 0.25) is 0 Å². The molecule has 3 aromatic carbocycles. The highest BCUT2D eigenvalue weighted by molar-refractivity contribution is 7.92. The average Bonchev–Trinajstić information content (AvgIpc) is 3.48. The van der Waals surface area contributed by atoms with E-state index >= 15 is 0 Å². The first kappa shape index (κ1) is 28.8. The van der Waals surface area contributed by atoms with Crippen molar-refractivity contribution < 1.29 is 32.8 Å². The molecule has 0 amide bonds. The van der Waals surface area contributed by atoms with Crippen molar-refractivity contribution in [2.45, 2.75) is 37.2 Å². The smallest absolute Gasteiger partial charge is 0.262 e. The maximum Gasteiger partial charge on any atom is 0.262 e. The maximum absolute atomic E-state index is 13.6. The number of hydrogen-bond acceptors (Lipinski definition) is 10. The van der Waals surface area contributed by atoms with Crippen molar-refractivity contribution in [3.63, 3.8) is 0 Å². The molecular weight excluding hydrogens is 538 g/mol. The van der Waals surface area contributed by atoms with Crippen molar-refractivity contribution >= 4 is 15.7 Å². The summed E-state index contributed by atoms with van der Waals surface area (Å²) in [6.07, 6.45) is -1.20. The van der Waals surface area contributed by atoms with Gasteiger partial charge in [-0.05, 0) is 57.8 Å². The fraction of sp³-hybridized carbons (Fsp3) is 0.296. The zero-order valence-electron chi connectivity index (χ0n) is 22.5. The molecule has 0 aliphatic heterocycles. The number of aromatic nitrogens is 4. The molecule has 1 atom stereocenters. The monoisotopic (exact) mass is 569 g/mol. The molecule has 212 valence electrons. The van der Waals surface area contributed by atoms with Crippen LogP contribution in [0.3, 0.4) is 0 Å². The fourth-order valence-electron chi connectivity index (χ4n) is 3.70. The van der Waals surface area contributed by atoms with E-state index in [0.29, 0.717) is 11.3 Å². The number of H-pyrrole nitrogens is 1. The van der Waals surface area contributed by atoms with Crippen LogP contribution in [-0.4, -0.2) is 65.7 Å². The number of rotatable bonds is 11. The van der Waals surface area contributed by atoms with Crippen molar-refractivity contribution in [3.05, 3.63) is 66.2 Å². The highest BCUT2D eigenvalue weighted by Crippen LogP contribution is 2.44. The predicted molar refractivity (Wildman–Crippen MR) is 147 cm³/mol. The van der Waals surface area contributed by atoms with Gasteiger partial charge in [-0.2, -0.15) is 0 Å². The van der Waals surface area contributed by atoms with E-state index in [4.69, 9.17) is 14.2 Å². The number of sulfonamides is 1. The number of methoxy groups -OCH3 is 1. The SMILES string of the molecule is COc1ccccc1Oc1c(NS(=O)(=O)c2ccc(C(C)(C)C)cc2)cc(-c2nnn[nH]2)cc1OCC(O)CO. The number of hydrogen-bond donors (Lipinski definition) is 4. The highest BCUT2D eigenvalue weighted by Gasteiger charge is 2.24. The Morgan fingerprint density at radius 1 is 1.02 bits per heavy atom. The summed E-state index contributed by atoms with van der Waals surface area (Å²) in [4.78, 5) is 0.0358. The molecule has 1 unspecified atom stereocenters. The van der Waals surface area contributed by atoms with E-state index in [1.165, 1.54) is 31.4 Å². The quantitative estimate of drug-likeness (QED) is 0.210. The molecule has 13 heteroatoms. The van der Waals surface area contributed by atoms with Crippen molar-refractivity contribution in [1.29, 1.82) is 0 Å². The number of nitrogens with one attached hydrogen (secondary N) is 2. The van der Waals surface area contributed by atoms with Crippen LogP contribution >= 0.6 is 0 Å². The van der Waals surface area contributed by atoms with Gasteiger partial charge < -0.3 is 24.4 Å². The van der Waals surface area contributed by atoms with Gasteiger partial charge in [0.15, 0.2) is 28.8 Å². The van der Waals surface area contributed by atoms with Crippen LogP contribution in [0.5, 0.6) is 23.0 Å². The number of ether oxygens (including phenoxy) is 3. The minimum atomic E-state index is -4.11. The summed E-state index contributed by atoms with van der Waals surface area (Å²) >= 11 is 0. The van der Waals surface area contributed by atoms with E-state index in [0.717, 1.165) is 5.56 Å². The number of nitrogens with zero attached hydrogens (tertiary/aromatic N) is 3. The second-order valence-electron chi connectivity index (χ2n) is 9.88. The summed E-state index contributed by atoms with van der Waals surface area (Å²) in [5, 5.41) is 32.9. The van der Waals surface area contributed by atoms with Crippen LogP contribution in [0.2, 0.25) is 0 Å². The minimum Gasteiger partial charge on any atom is -0.493 e. The van der Waals surface area contributed by atoms with Gasteiger partial charge in [-0.3, -0.25) is 4.72 Å². The number of para-hydroxylation sites is 2. The average molecular weight is 570 g/mol. The van der Waals surface area contributed by atoms with Crippen molar-refractivity contribution in [3.8, 4) is 34.4 Å². The molecule has 4 N–H and O–H groups in total. The van der Waals surface area contributed by atoms with Gasteiger partial charge in [0.25, 0.3) is 10.0 Å². The number of anilines is 1. The van der Waals surface area contributed by atoms with E-state index in [9.17, 15) is 18.6 Å². The standard InChI is InChI=1S/C27H31N5O7S/c1-27(2,3)18-9-11-20(12-10-18)40(35,36)30-21-13-17(26-28-31-32-29-26)14-24(38-16-19(34)15-33)25(21)39-23-8-6-5-7-22(23)37-4/h5-14,19,30,33-34H,15-16H2,1-4H3,(H,28,29,31,32). The molecule has 0 fully saturated rings. The van der Waals surface area contributed by atoms with Crippen LogP contribution in [0.1, 0.15) is 26.3 Å². The lowest BCUT2D eigenvalue weighted by molar-refractivity contribution is 0.0529. The normalized spacial score (nSPS) is 12.6. The van der Waals surface area contributed by atoms with Crippen LogP contribution in [0.25, 0.3) is 11.4 Å². The summed E-state index contributed by atoms with van der Waals surface area (Å²) in [5.41, 5.74) is 1.19. The van der Waals surface area contributed by atoms with Gasteiger partial charge in [0.05, 0.1) is 24.3 Å². The molecule has 4 rings (SSSR count). The van der Waals surface area contributed by atoms with E-state index < -0.39 is 22.7 Å². The first-order chi connectivity index (χ1) is 19.0. The Morgan fingerprint density at radius 3 is 2.33 bits per heavy atom. The van der Waals surface area contributed by atoms with E-state index in [1.54, 1.807) is 36.4 Å². The Hall–Kier alpha value is -4.20. The van der Waals surface area contributed by atoms with E-state index in [2.05, 4.69) is 25.3 Å². The molecule has 0 aliphatic rings. The third kappa shape index (κ3) is 6.68. The first-order valence-electron chi connectivity index (χ1n) is 12.3.